The van der Waals surface area contributed by atoms with Crippen LogP contribution in [0, 0.1) is 11.8 Å². The maximum atomic E-state index is 13.1. The van der Waals surface area contributed by atoms with Crippen molar-refractivity contribution in [3.8, 4) is 11.1 Å². The van der Waals surface area contributed by atoms with Crippen LogP contribution in [0.4, 0.5) is 4.79 Å². The van der Waals surface area contributed by atoms with Gasteiger partial charge in [0.15, 0.2) is 0 Å². The van der Waals surface area contributed by atoms with E-state index in [2.05, 4.69) is 29.6 Å². The van der Waals surface area contributed by atoms with E-state index >= 15 is 0 Å². The van der Waals surface area contributed by atoms with Crippen molar-refractivity contribution in [3.05, 3.63) is 59.7 Å². The van der Waals surface area contributed by atoms with Gasteiger partial charge in [0.1, 0.15) is 12.6 Å². The summed E-state index contributed by atoms with van der Waals surface area (Å²) in [6.07, 6.45) is 3.46. The minimum atomic E-state index is -0.958. The van der Waals surface area contributed by atoms with Gasteiger partial charge in [-0.25, -0.2) is 9.59 Å². The summed E-state index contributed by atoms with van der Waals surface area (Å²) in [6, 6.07) is 15.6. The smallest absolute Gasteiger partial charge is 0.407 e. The third kappa shape index (κ3) is 4.52. The Balaban J connectivity index is 1.20. The Kier molecular flexibility index (Phi) is 6.26. The number of ether oxygens (including phenoxy) is 1. The van der Waals surface area contributed by atoms with E-state index in [-0.39, 0.29) is 25.0 Å². The Morgan fingerprint density at radius 3 is 2.26 bits per heavy atom. The van der Waals surface area contributed by atoms with Crippen molar-refractivity contribution < 1.29 is 24.2 Å². The van der Waals surface area contributed by atoms with E-state index in [1.807, 2.05) is 24.3 Å². The summed E-state index contributed by atoms with van der Waals surface area (Å²) in [5.41, 5.74) is 4.63. The molecule has 5 rings (SSSR count). The first-order chi connectivity index (χ1) is 16.5. The van der Waals surface area contributed by atoms with Gasteiger partial charge in [-0.1, -0.05) is 61.4 Å². The van der Waals surface area contributed by atoms with Gasteiger partial charge in [-0.3, -0.25) is 4.79 Å². The van der Waals surface area contributed by atoms with E-state index in [9.17, 15) is 19.5 Å². The zero-order valence-electron chi connectivity index (χ0n) is 19.1. The Hall–Kier alpha value is -3.35. The van der Waals surface area contributed by atoms with E-state index in [0.717, 1.165) is 24.0 Å². The van der Waals surface area contributed by atoms with Crippen molar-refractivity contribution in [2.45, 2.75) is 44.1 Å². The number of fused-ring (bicyclic) bond motifs is 3. The standard InChI is InChI=1S/C27H30N2O5/c30-25(29-13-5-10-24(29)26(31)32)18(14-17-11-12-17)15-28-27(33)34-16-23-21-8-3-1-6-19(21)20-7-2-4-9-22(20)23/h1-4,6-9,17-18,23-24H,5,10-16H2,(H,28,33)(H,31,32)/t18?,24-/m1/s1. The number of nitrogens with zero attached hydrogens (tertiary/aromatic N) is 1. The molecule has 1 saturated heterocycles. The van der Waals surface area contributed by atoms with Crippen molar-refractivity contribution in [2.75, 3.05) is 19.7 Å². The molecule has 0 bridgehead atoms. The number of carboxylic acids is 1. The molecule has 0 radical (unpaired) electrons. The lowest BCUT2D eigenvalue weighted by atomic mass is 9.98. The molecule has 1 heterocycles. The summed E-state index contributed by atoms with van der Waals surface area (Å²) in [7, 11) is 0. The second-order valence-corrected chi connectivity index (χ2v) is 9.61. The number of carbonyl (C=O) groups excluding carboxylic acids is 2. The van der Waals surface area contributed by atoms with Crippen LogP contribution < -0.4 is 5.32 Å². The molecule has 2 N–H and O–H groups in total. The Morgan fingerprint density at radius 1 is 1.00 bits per heavy atom. The first-order valence-electron chi connectivity index (χ1n) is 12.1. The third-order valence-electron chi connectivity index (χ3n) is 7.32. The van der Waals surface area contributed by atoms with Crippen LogP contribution in [0.25, 0.3) is 11.1 Å². The van der Waals surface area contributed by atoms with Crippen LogP contribution in [-0.4, -0.2) is 53.7 Å². The van der Waals surface area contributed by atoms with E-state index in [4.69, 9.17) is 4.74 Å². The van der Waals surface area contributed by atoms with E-state index < -0.39 is 24.0 Å². The van der Waals surface area contributed by atoms with E-state index in [1.165, 1.54) is 16.0 Å². The van der Waals surface area contributed by atoms with Crippen LogP contribution in [0.5, 0.6) is 0 Å². The number of carbonyl (C=O) groups is 3. The highest BCUT2D eigenvalue weighted by Gasteiger charge is 2.39. The fourth-order valence-corrected chi connectivity index (χ4v) is 5.41. The molecule has 1 saturated carbocycles. The van der Waals surface area contributed by atoms with Gasteiger partial charge in [0.05, 0.1) is 5.92 Å². The summed E-state index contributed by atoms with van der Waals surface area (Å²) in [5, 5.41) is 12.2. The molecule has 34 heavy (non-hydrogen) atoms. The van der Waals surface area contributed by atoms with Gasteiger partial charge >= 0.3 is 12.1 Å². The van der Waals surface area contributed by atoms with Gasteiger partial charge < -0.3 is 20.1 Å². The maximum absolute atomic E-state index is 13.1. The molecule has 2 fully saturated rings. The molecule has 2 atom stereocenters. The molecule has 2 aliphatic carbocycles. The number of amides is 2. The van der Waals surface area contributed by atoms with Crippen LogP contribution in [-0.2, 0) is 14.3 Å². The van der Waals surface area contributed by atoms with E-state index in [1.54, 1.807) is 0 Å². The number of rotatable bonds is 8. The van der Waals surface area contributed by atoms with E-state index in [0.29, 0.717) is 31.7 Å². The fraction of sp³-hybridized carbons (Fsp3) is 0.444. The van der Waals surface area contributed by atoms with Crippen LogP contribution in [0.3, 0.4) is 0 Å². The molecular weight excluding hydrogens is 432 g/mol. The van der Waals surface area contributed by atoms with Gasteiger partial charge in [0, 0.05) is 19.0 Å². The lowest BCUT2D eigenvalue weighted by Crippen LogP contribution is -2.46. The minimum Gasteiger partial charge on any atom is -0.480 e. The van der Waals surface area contributed by atoms with Crippen molar-refractivity contribution in [1.82, 2.24) is 10.2 Å². The molecular formula is C27H30N2O5. The Bertz CT molecular complexity index is 1050. The average Bonchev–Trinajstić information content (AvgIpc) is 3.42. The second kappa shape index (κ2) is 9.49. The largest absolute Gasteiger partial charge is 0.480 e. The lowest BCUT2D eigenvalue weighted by molar-refractivity contribution is -0.150. The molecule has 2 aromatic rings. The van der Waals surface area contributed by atoms with Crippen LogP contribution in [0.15, 0.2) is 48.5 Å². The summed E-state index contributed by atoms with van der Waals surface area (Å²) in [5.74, 6) is -1.10. The zero-order chi connectivity index (χ0) is 23.7. The molecule has 7 nitrogen and oxygen atoms in total. The van der Waals surface area contributed by atoms with Crippen molar-refractivity contribution in [2.24, 2.45) is 11.8 Å². The zero-order valence-corrected chi connectivity index (χ0v) is 19.1. The summed E-state index contributed by atoms with van der Waals surface area (Å²) in [6.45, 7) is 0.838. The second-order valence-electron chi connectivity index (χ2n) is 9.61. The maximum Gasteiger partial charge on any atom is 0.407 e. The average molecular weight is 463 g/mol. The van der Waals surface area contributed by atoms with Crippen LogP contribution in [0.1, 0.15) is 49.1 Å². The van der Waals surface area contributed by atoms with Gasteiger partial charge in [0.2, 0.25) is 5.91 Å². The third-order valence-corrected chi connectivity index (χ3v) is 7.32. The number of carboxylic acid groups (broad SMARTS) is 1. The molecule has 7 heteroatoms. The summed E-state index contributed by atoms with van der Waals surface area (Å²) < 4.78 is 5.61. The number of nitrogens with one attached hydrogen (secondary N) is 1. The highest BCUT2D eigenvalue weighted by atomic mass is 16.5. The molecule has 0 aromatic heterocycles. The molecule has 2 aromatic carbocycles. The number of alkyl carbamates (subject to hydrolysis) is 1. The summed E-state index contributed by atoms with van der Waals surface area (Å²) >= 11 is 0. The van der Waals surface area contributed by atoms with Crippen molar-refractivity contribution in [1.29, 1.82) is 0 Å². The van der Waals surface area contributed by atoms with Gasteiger partial charge in [-0.05, 0) is 47.4 Å². The molecule has 178 valence electrons. The van der Waals surface area contributed by atoms with Gasteiger partial charge in [-0.2, -0.15) is 0 Å². The molecule has 0 spiro atoms. The number of hydrogen-bond donors (Lipinski definition) is 2. The lowest BCUT2D eigenvalue weighted by Gasteiger charge is -2.27. The molecule has 2 amide bonds. The first kappa shape index (κ1) is 22.4. The predicted molar refractivity (Wildman–Crippen MR) is 126 cm³/mol. The first-order valence-corrected chi connectivity index (χ1v) is 12.1. The fourth-order valence-electron chi connectivity index (χ4n) is 5.41. The molecule has 3 aliphatic rings. The van der Waals surface area contributed by atoms with Crippen molar-refractivity contribution >= 4 is 18.0 Å². The number of likely N-dealkylation sites (tertiary alicyclic amines) is 1. The van der Waals surface area contributed by atoms with Gasteiger partial charge in [0.25, 0.3) is 0 Å². The SMILES string of the molecule is O=C(NCC(CC1CC1)C(=O)N1CCC[C@@H]1C(=O)O)OCC1c2ccccc2-c2ccccc21. The molecule has 1 unspecified atom stereocenters. The Labute approximate surface area is 199 Å². The predicted octanol–water partition coefficient (Wildman–Crippen LogP) is 4.02. The van der Waals surface area contributed by atoms with Crippen LogP contribution in [0.2, 0.25) is 0 Å². The number of aliphatic carboxylic acids is 1. The molecule has 1 aliphatic heterocycles. The quantitative estimate of drug-likeness (QED) is 0.618. The monoisotopic (exact) mass is 462 g/mol. The van der Waals surface area contributed by atoms with Gasteiger partial charge in [-0.15, -0.1) is 0 Å². The minimum absolute atomic E-state index is 0.0250. The number of benzene rings is 2. The highest BCUT2D eigenvalue weighted by molar-refractivity contribution is 5.86. The highest BCUT2D eigenvalue weighted by Crippen LogP contribution is 2.44. The number of hydrogen-bond acceptors (Lipinski definition) is 4. The topological polar surface area (TPSA) is 95.9 Å². The normalized spacial score (nSPS) is 19.9. The van der Waals surface area contributed by atoms with Crippen molar-refractivity contribution in [3.63, 3.8) is 0 Å². The van der Waals surface area contributed by atoms with Crippen LogP contribution >= 0.6 is 0 Å². The summed E-state index contributed by atoms with van der Waals surface area (Å²) in [4.78, 5) is 38.8. The Morgan fingerprint density at radius 2 is 1.65 bits per heavy atom.